The van der Waals surface area contributed by atoms with Crippen molar-refractivity contribution in [1.29, 1.82) is 0 Å². The number of ether oxygens (including phenoxy) is 2. The molecule has 0 saturated carbocycles. The molecule has 0 aromatic heterocycles. The predicted octanol–water partition coefficient (Wildman–Crippen LogP) is 3.55. The molecule has 0 unspecified atom stereocenters. The lowest BCUT2D eigenvalue weighted by molar-refractivity contribution is 0.0620. The van der Waals surface area contributed by atoms with Crippen molar-refractivity contribution in [3.63, 3.8) is 0 Å². The van der Waals surface area contributed by atoms with E-state index in [9.17, 15) is 13.2 Å². The first-order valence-corrected chi connectivity index (χ1v) is 9.63. The number of hydrogen-bond donors (Lipinski definition) is 1. The summed E-state index contributed by atoms with van der Waals surface area (Å²) >= 11 is 0. The van der Waals surface area contributed by atoms with Gasteiger partial charge in [0.15, 0.2) is 5.78 Å². The van der Waals surface area contributed by atoms with E-state index in [2.05, 4.69) is 4.72 Å². The molecule has 138 valence electrons. The molecule has 0 saturated heterocycles. The second kappa shape index (κ2) is 6.32. The molecule has 0 radical (unpaired) electrons. The number of nitrogens with one attached hydrogen (secondary N) is 1. The van der Waals surface area contributed by atoms with Gasteiger partial charge in [0.25, 0.3) is 10.0 Å². The van der Waals surface area contributed by atoms with Gasteiger partial charge in [-0.2, -0.15) is 0 Å². The second-order valence-electron chi connectivity index (χ2n) is 6.93. The van der Waals surface area contributed by atoms with E-state index >= 15 is 0 Å². The van der Waals surface area contributed by atoms with Crippen LogP contribution in [-0.4, -0.2) is 26.9 Å². The van der Waals surface area contributed by atoms with Crippen molar-refractivity contribution >= 4 is 21.5 Å². The summed E-state index contributed by atoms with van der Waals surface area (Å²) in [6, 6.07) is 9.61. The van der Waals surface area contributed by atoms with Crippen molar-refractivity contribution in [3.05, 3.63) is 47.5 Å². The van der Waals surface area contributed by atoms with Gasteiger partial charge < -0.3 is 9.47 Å². The van der Waals surface area contributed by atoms with Crippen LogP contribution in [0.4, 0.5) is 5.69 Å². The number of hydrogen-bond acceptors (Lipinski definition) is 5. The quantitative estimate of drug-likeness (QED) is 0.884. The van der Waals surface area contributed by atoms with E-state index in [-0.39, 0.29) is 22.8 Å². The minimum Gasteiger partial charge on any atom is -0.495 e. The third kappa shape index (κ3) is 3.53. The lowest BCUT2D eigenvalue weighted by Crippen LogP contribution is -2.35. The zero-order valence-corrected chi connectivity index (χ0v) is 15.9. The van der Waals surface area contributed by atoms with Crippen LogP contribution < -0.4 is 14.2 Å². The maximum Gasteiger partial charge on any atom is 0.265 e. The van der Waals surface area contributed by atoms with Crippen LogP contribution in [-0.2, 0) is 10.0 Å². The van der Waals surface area contributed by atoms with Gasteiger partial charge in [0, 0.05) is 5.69 Å². The third-order valence-corrected chi connectivity index (χ3v) is 5.52. The van der Waals surface area contributed by atoms with Gasteiger partial charge in [-0.1, -0.05) is 6.07 Å². The SMILES string of the molecule is COc1ccc(C)cc1S(=O)(=O)Nc1ccc2c(c1)C(=O)CC(C)(C)O2. The van der Waals surface area contributed by atoms with Gasteiger partial charge in [0.1, 0.15) is 22.0 Å². The third-order valence-electron chi connectivity index (χ3n) is 4.11. The molecule has 1 aliphatic rings. The monoisotopic (exact) mass is 375 g/mol. The van der Waals surface area contributed by atoms with E-state index in [0.717, 1.165) is 5.56 Å². The first-order valence-electron chi connectivity index (χ1n) is 8.15. The number of rotatable bonds is 4. The van der Waals surface area contributed by atoms with Crippen molar-refractivity contribution in [1.82, 2.24) is 0 Å². The Balaban J connectivity index is 1.96. The lowest BCUT2D eigenvalue weighted by Gasteiger charge is -2.31. The summed E-state index contributed by atoms with van der Waals surface area (Å²) in [5, 5.41) is 0. The number of methoxy groups -OCH3 is 1. The smallest absolute Gasteiger partial charge is 0.265 e. The Labute approximate surface area is 153 Å². The highest BCUT2D eigenvalue weighted by atomic mass is 32.2. The van der Waals surface area contributed by atoms with Crippen LogP contribution >= 0.6 is 0 Å². The Morgan fingerprint density at radius 3 is 2.58 bits per heavy atom. The maximum absolute atomic E-state index is 12.8. The number of benzene rings is 2. The zero-order valence-electron chi connectivity index (χ0n) is 15.1. The van der Waals surface area contributed by atoms with Crippen LogP contribution in [0, 0.1) is 6.92 Å². The molecule has 0 spiro atoms. The molecule has 2 aromatic carbocycles. The molecule has 0 bridgehead atoms. The fourth-order valence-corrected chi connectivity index (χ4v) is 4.22. The van der Waals surface area contributed by atoms with Crippen molar-refractivity contribution in [2.45, 2.75) is 37.7 Å². The Kier molecular flexibility index (Phi) is 4.44. The van der Waals surface area contributed by atoms with E-state index in [1.54, 1.807) is 31.2 Å². The van der Waals surface area contributed by atoms with Crippen molar-refractivity contribution in [2.75, 3.05) is 11.8 Å². The first kappa shape index (κ1) is 18.3. The van der Waals surface area contributed by atoms with Gasteiger partial charge in [0.2, 0.25) is 0 Å². The first-order chi connectivity index (χ1) is 12.1. The number of carbonyl (C=O) groups is 1. The van der Waals surface area contributed by atoms with E-state index in [1.807, 2.05) is 13.8 Å². The predicted molar refractivity (Wildman–Crippen MR) is 98.6 cm³/mol. The van der Waals surface area contributed by atoms with Gasteiger partial charge in [-0.25, -0.2) is 8.42 Å². The normalized spacial score (nSPS) is 15.8. The average molecular weight is 375 g/mol. The van der Waals surface area contributed by atoms with Crippen LogP contribution in [0.25, 0.3) is 0 Å². The molecule has 7 heteroatoms. The second-order valence-corrected chi connectivity index (χ2v) is 8.58. The average Bonchev–Trinajstić information content (AvgIpc) is 2.54. The Hall–Kier alpha value is -2.54. The minimum absolute atomic E-state index is 0.0430. The number of anilines is 1. The Morgan fingerprint density at radius 2 is 1.88 bits per heavy atom. The summed E-state index contributed by atoms with van der Waals surface area (Å²) in [4.78, 5) is 12.4. The summed E-state index contributed by atoms with van der Waals surface area (Å²) in [6.07, 6.45) is 0.238. The number of Topliss-reactive ketones (excluding diaryl/α,β-unsaturated/α-hetero) is 1. The number of sulfonamides is 1. The highest BCUT2D eigenvalue weighted by molar-refractivity contribution is 7.92. The molecule has 0 aliphatic carbocycles. The molecule has 6 nitrogen and oxygen atoms in total. The highest BCUT2D eigenvalue weighted by Crippen LogP contribution is 2.35. The van der Waals surface area contributed by atoms with E-state index < -0.39 is 15.6 Å². The Bertz CT molecular complexity index is 979. The molecule has 0 fully saturated rings. The van der Waals surface area contributed by atoms with Crippen LogP contribution in [0.3, 0.4) is 0 Å². The number of fused-ring (bicyclic) bond motifs is 1. The molecule has 2 aromatic rings. The topological polar surface area (TPSA) is 81.7 Å². The largest absolute Gasteiger partial charge is 0.495 e. The number of carbonyl (C=O) groups excluding carboxylic acids is 1. The van der Waals surface area contributed by atoms with Gasteiger partial charge in [0.05, 0.1) is 19.1 Å². The zero-order chi connectivity index (χ0) is 19.1. The molecule has 1 N–H and O–H groups in total. The molecule has 1 aliphatic heterocycles. The van der Waals surface area contributed by atoms with E-state index in [1.165, 1.54) is 19.2 Å². The molecular formula is C19H21NO5S. The van der Waals surface area contributed by atoms with Crippen LogP contribution in [0.1, 0.15) is 36.2 Å². The van der Waals surface area contributed by atoms with Crippen LogP contribution in [0.2, 0.25) is 0 Å². The van der Waals surface area contributed by atoms with Crippen LogP contribution in [0.15, 0.2) is 41.3 Å². The van der Waals surface area contributed by atoms with Crippen molar-refractivity contribution < 1.29 is 22.7 Å². The van der Waals surface area contributed by atoms with Crippen LogP contribution in [0.5, 0.6) is 11.5 Å². The standard InChI is InChI=1S/C19H21NO5S/c1-12-5-7-17(24-4)18(9-12)26(22,23)20-13-6-8-16-14(10-13)15(21)11-19(2,3)25-16/h5-10,20H,11H2,1-4H3. The van der Waals surface area contributed by atoms with Gasteiger partial charge in [-0.05, 0) is 56.7 Å². The maximum atomic E-state index is 12.8. The van der Waals surface area contributed by atoms with Crippen molar-refractivity contribution in [3.8, 4) is 11.5 Å². The van der Waals surface area contributed by atoms with E-state index in [0.29, 0.717) is 17.0 Å². The fourth-order valence-electron chi connectivity index (χ4n) is 2.92. The molecule has 0 amide bonds. The highest BCUT2D eigenvalue weighted by Gasteiger charge is 2.32. The molecule has 0 atom stereocenters. The molecular weight excluding hydrogens is 354 g/mol. The summed E-state index contributed by atoms with van der Waals surface area (Å²) < 4.78 is 39.0. The molecule has 26 heavy (non-hydrogen) atoms. The van der Waals surface area contributed by atoms with Crippen molar-refractivity contribution in [2.24, 2.45) is 0 Å². The molecule has 3 rings (SSSR count). The minimum atomic E-state index is -3.87. The van der Waals surface area contributed by atoms with Gasteiger partial charge >= 0.3 is 0 Å². The summed E-state index contributed by atoms with van der Waals surface area (Å²) in [6.45, 7) is 5.48. The lowest BCUT2D eigenvalue weighted by atomic mass is 9.93. The van der Waals surface area contributed by atoms with Gasteiger partial charge in [-0.15, -0.1) is 0 Å². The number of ketones is 1. The Morgan fingerprint density at radius 1 is 1.15 bits per heavy atom. The fraction of sp³-hybridized carbons (Fsp3) is 0.316. The number of aryl methyl sites for hydroxylation is 1. The summed E-state index contributed by atoms with van der Waals surface area (Å²) in [5.74, 6) is 0.634. The van der Waals surface area contributed by atoms with Gasteiger partial charge in [-0.3, -0.25) is 9.52 Å². The molecule has 1 heterocycles. The summed E-state index contributed by atoms with van der Waals surface area (Å²) in [5.41, 5.74) is 0.896. The summed E-state index contributed by atoms with van der Waals surface area (Å²) in [7, 11) is -2.46. The van der Waals surface area contributed by atoms with E-state index in [4.69, 9.17) is 9.47 Å².